The maximum absolute atomic E-state index is 13.6. The average molecular weight is 400 g/mol. The number of rotatable bonds is 5. The van der Waals surface area contributed by atoms with E-state index in [2.05, 4.69) is 16.7 Å². The molecule has 1 aliphatic heterocycles. The number of nitrogens with two attached hydrogens (primary N) is 1. The van der Waals surface area contributed by atoms with Crippen molar-refractivity contribution < 1.29 is 27.1 Å². The standard InChI is InChI=1S/C12H9F4N3.C6H11NO2/c13-9-6-17-11(12(14,15)16)5-8(9)10-4-7-2-1-3-19(7)18-10;1-5(9-2)3-4-6(7)8/h4-6H,1-3H2;1,3-4H2,2H3,(H2,7,8). The summed E-state index contributed by atoms with van der Waals surface area (Å²) in [4.78, 5) is 13.2. The molecule has 1 aliphatic rings. The number of carbonyl (C=O) groups excluding carboxylic acids is 1. The lowest BCUT2D eigenvalue weighted by atomic mass is 10.1. The number of primary amides is 1. The van der Waals surface area contributed by atoms with Crippen molar-refractivity contribution in [3.8, 4) is 11.3 Å². The maximum atomic E-state index is 13.6. The summed E-state index contributed by atoms with van der Waals surface area (Å²) in [6.07, 6.45) is -1.41. The van der Waals surface area contributed by atoms with Crippen molar-refractivity contribution in [2.45, 2.75) is 38.4 Å². The molecule has 0 atom stereocenters. The van der Waals surface area contributed by atoms with E-state index in [0.717, 1.165) is 18.5 Å². The Balaban J connectivity index is 0.000000266. The molecule has 0 fully saturated rings. The molecule has 3 rings (SSSR count). The van der Waals surface area contributed by atoms with Crippen LogP contribution in [0.15, 0.2) is 30.7 Å². The van der Waals surface area contributed by atoms with Crippen LogP contribution in [0.5, 0.6) is 0 Å². The number of hydrogen-bond acceptors (Lipinski definition) is 4. The highest BCUT2D eigenvalue weighted by molar-refractivity contribution is 5.73. The Morgan fingerprint density at radius 3 is 2.64 bits per heavy atom. The third kappa shape index (κ3) is 5.54. The summed E-state index contributed by atoms with van der Waals surface area (Å²) in [5, 5.41) is 4.13. The van der Waals surface area contributed by atoms with Gasteiger partial charge in [0.25, 0.3) is 0 Å². The van der Waals surface area contributed by atoms with Gasteiger partial charge < -0.3 is 10.5 Å². The molecule has 28 heavy (non-hydrogen) atoms. The van der Waals surface area contributed by atoms with Crippen molar-refractivity contribution in [3.05, 3.63) is 47.9 Å². The molecular formula is C18H20F4N4O2. The minimum absolute atomic E-state index is 0.163. The van der Waals surface area contributed by atoms with Gasteiger partial charge in [0.15, 0.2) is 5.82 Å². The summed E-state index contributed by atoms with van der Waals surface area (Å²) >= 11 is 0. The first-order valence-electron chi connectivity index (χ1n) is 8.41. The van der Waals surface area contributed by atoms with Crippen molar-refractivity contribution in [1.29, 1.82) is 0 Å². The predicted octanol–water partition coefficient (Wildman–Crippen LogP) is 3.46. The minimum atomic E-state index is -4.59. The number of aryl methyl sites for hydroxylation is 2. The van der Waals surface area contributed by atoms with Gasteiger partial charge in [0, 0.05) is 30.6 Å². The summed E-state index contributed by atoms with van der Waals surface area (Å²) in [5.74, 6) is -0.535. The highest BCUT2D eigenvalue weighted by Crippen LogP contribution is 2.32. The summed E-state index contributed by atoms with van der Waals surface area (Å²) in [6.45, 7) is 4.23. The van der Waals surface area contributed by atoms with Crippen molar-refractivity contribution in [2.24, 2.45) is 5.73 Å². The molecule has 0 saturated heterocycles. The molecule has 6 nitrogen and oxygen atoms in total. The van der Waals surface area contributed by atoms with E-state index >= 15 is 0 Å². The van der Waals surface area contributed by atoms with Gasteiger partial charge in [-0.15, -0.1) is 0 Å². The number of amides is 1. The summed E-state index contributed by atoms with van der Waals surface area (Å²) in [5.41, 5.74) is 4.72. The van der Waals surface area contributed by atoms with Crippen LogP contribution in [0, 0.1) is 5.82 Å². The Morgan fingerprint density at radius 2 is 2.07 bits per heavy atom. The first kappa shape index (κ1) is 21.4. The Bertz CT molecular complexity index is 840. The molecule has 1 amide bonds. The SMILES string of the molecule is C=C(CCC(N)=O)OC.Fc1cnc(C(F)(F)F)cc1-c1cc2n(n1)CCC2. The molecule has 152 valence electrons. The van der Waals surface area contributed by atoms with Gasteiger partial charge in [0.2, 0.25) is 5.91 Å². The summed E-state index contributed by atoms with van der Waals surface area (Å²) in [7, 11) is 1.52. The van der Waals surface area contributed by atoms with Crippen LogP contribution in [-0.2, 0) is 28.7 Å². The van der Waals surface area contributed by atoms with Crippen LogP contribution in [0.1, 0.15) is 30.7 Å². The fourth-order valence-electron chi connectivity index (χ4n) is 2.55. The van der Waals surface area contributed by atoms with Gasteiger partial charge in [-0.05, 0) is 25.0 Å². The van der Waals surface area contributed by atoms with Crippen LogP contribution in [0.2, 0.25) is 0 Å². The monoisotopic (exact) mass is 400 g/mol. The number of alkyl halides is 3. The molecule has 0 aliphatic carbocycles. The predicted molar refractivity (Wildman–Crippen MR) is 93.3 cm³/mol. The van der Waals surface area contributed by atoms with Gasteiger partial charge in [0.1, 0.15) is 5.69 Å². The lowest BCUT2D eigenvalue weighted by Crippen LogP contribution is -2.10. The Kier molecular flexibility index (Phi) is 6.76. The van der Waals surface area contributed by atoms with E-state index in [1.165, 1.54) is 7.11 Å². The Morgan fingerprint density at radius 1 is 1.36 bits per heavy atom. The third-order valence-corrected chi connectivity index (χ3v) is 4.03. The van der Waals surface area contributed by atoms with E-state index in [1.54, 1.807) is 10.7 Å². The Labute approximate surface area is 159 Å². The zero-order valence-corrected chi connectivity index (χ0v) is 15.2. The number of nitrogens with zero attached hydrogens (tertiary/aromatic N) is 3. The molecule has 0 bridgehead atoms. The van der Waals surface area contributed by atoms with Crippen molar-refractivity contribution >= 4 is 5.91 Å². The number of ether oxygens (including phenoxy) is 1. The number of hydrogen-bond donors (Lipinski definition) is 1. The highest BCUT2D eigenvalue weighted by Gasteiger charge is 2.33. The topological polar surface area (TPSA) is 83.0 Å². The molecule has 2 aromatic rings. The van der Waals surface area contributed by atoms with Crippen LogP contribution in [0.4, 0.5) is 17.6 Å². The summed E-state index contributed by atoms with van der Waals surface area (Å²) < 4.78 is 57.7. The number of fused-ring (bicyclic) bond motifs is 1. The normalized spacial score (nSPS) is 12.8. The minimum Gasteiger partial charge on any atom is -0.502 e. The molecule has 10 heteroatoms. The van der Waals surface area contributed by atoms with Crippen molar-refractivity contribution in [2.75, 3.05) is 7.11 Å². The van der Waals surface area contributed by atoms with E-state index in [9.17, 15) is 22.4 Å². The number of allylic oxidation sites excluding steroid dienone is 1. The van der Waals surface area contributed by atoms with E-state index in [-0.39, 0.29) is 17.2 Å². The van der Waals surface area contributed by atoms with Crippen LogP contribution in [0.3, 0.4) is 0 Å². The highest BCUT2D eigenvalue weighted by atomic mass is 19.4. The van der Waals surface area contributed by atoms with Crippen LogP contribution in [0.25, 0.3) is 11.3 Å². The van der Waals surface area contributed by atoms with Crippen molar-refractivity contribution in [1.82, 2.24) is 14.8 Å². The van der Waals surface area contributed by atoms with Gasteiger partial charge >= 0.3 is 6.18 Å². The number of pyridine rings is 1. The maximum Gasteiger partial charge on any atom is 0.433 e. The summed E-state index contributed by atoms with van der Waals surface area (Å²) in [6, 6.07) is 2.33. The fourth-order valence-corrected chi connectivity index (χ4v) is 2.55. The quantitative estimate of drug-likeness (QED) is 0.616. The number of halogens is 4. The van der Waals surface area contributed by atoms with Gasteiger partial charge in [-0.2, -0.15) is 18.3 Å². The molecule has 0 radical (unpaired) electrons. The lowest BCUT2D eigenvalue weighted by Gasteiger charge is -2.07. The Hall–Kier alpha value is -2.91. The number of carbonyl (C=O) groups is 1. The zero-order chi connectivity index (χ0) is 20.9. The van der Waals surface area contributed by atoms with Crippen LogP contribution < -0.4 is 5.73 Å². The number of aromatic nitrogens is 3. The third-order valence-electron chi connectivity index (χ3n) is 4.03. The van der Waals surface area contributed by atoms with Crippen LogP contribution in [-0.4, -0.2) is 27.8 Å². The fraction of sp³-hybridized carbons (Fsp3) is 0.389. The molecule has 2 aromatic heterocycles. The molecule has 0 aromatic carbocycles. The molecule has 0 spiro atoms. The van der Waals surface area contributed by atoms with Gasteiger partial charge in [-0.1, -0.05) is 6.58 Å². The second-order valence-corrected chi connectivity index (χ2v) is 6.10. The number of methoxy groups -OCH3 is 1. The smallest absolute Gasteiger partial charge is 0.433 e. The van der Waals surface area contributed by atoms with E-state index in [4.69, 9.17) is 10.5 Å². The largest absolute Gasteiger partial charge is 0.502 e. The molecule has 3 heterocycles. The average Bonchev–Trinajstić information content (AvgIpc) is 3.21. The first-order valence-corrected chi connectivity index (χ1v) is 8.41. The van der Waals surface area contributed by atoms with Gasteiger partial charge in [-0.25, -0.2) is 9.37 Å². The second kappa shape index (κ2) is 8.85. The lowest BCUT2D eigenvalue weighted by molar-refractivity contribution is -0.141. The van der Waals surface area contributed by atoms with E-state index in [0.29, 0.717) is 37.4 Å². The van der Waals surface area contributed by atoms with Gasteiger partial charge in [0.05, 0.1) is 24.8 Å². The van der Waals surface area contributed by atoms with Crippen LogP contribution >= 0.6 is 0 Å². The van der Waals surface area contributed by atoms with E-state index < -0.39 is 17.7 Å². The molecule has 0 saturated carbocycles. The molecular weight excluding hydrogens is 380 g/mol. The van der Waals surface area contributed by atoms with Gasteiger partial charge in [-0.3, -0.25) is 9.48 Å². The zero-order valence-electron chi connectivity index (χ0n) is 15.2. The van der Waals surface area contributed by atoms with Crippen molar-refractivity contribution in [3.63, 3.8) is 0 Å². The van der Waals surface area contributed by atoms with E-state index in [1.807, 2.05) is 0 Å². The molecule has 0 unspecified atom stereocenters. The second-order valence-electron chi connectivity index (χ2n) is 6.10. The first-order chi connectivity index (χ1) is 13.1. The molecule has 2 N–H and O–H groups in total.